The summed E-state index contributed by atoms with van der Waals surface area (Å²) in [6.07, 6.45) is 0. The summed E-state index contributed by atoms with van der Waals surface area (Å²) >= 11 is 0. The Labute approximate surface area is 90.9 Å². The molecule has 0 saturated heterocycles. The van der Waals surface area contributed by atoms with Gasteiger partial charge in [-0.05, 0) is 43.0 Å². The van der Waals surface area contributed by atoms with E-state index in [0.29, 0.717) is 5.92 Å². The lowest BCUT2D eigenvalue weighted by atomic mass is 10.0. The first-order chi connectivity index (χ1) is 7.00. The fraction of sp³-hybridized carbons (Fsp3) is 0.462. The molecule has 0 bridgehead atoms. The summed E-state index contributed by atoms with van der Waals surface area (Å²) in [4.78, 5) is 0. The van der Waals surface area contributed by atoms with Crippen LogP contribution in [0.1, 0.15) is 36.6 Å². The molecule has 0 spiro atoms. The molecule has 1 aromatic heterocycles. The second kappa shape index (κ2) is 3.37. The number of hydrogen-bond donors (Lipinski definition) is 0. The first kappa shape index (κ1) is 10.2. The van der Waals surface area contributed by atoms with Crippen LogP contribution in [0.5, 0.6) is 0 Å². The van der Waals surface area contributed by atoms with Crippen LogP contribution in [-0.2, 0) is 7.05 Å². The maximum Gasteiger partial charge on any atom is 0.0728 e. The lowest BCUT2D eigenvalue weighted by Gasteiger charge is -2.03. The smallest absolute Gasteiger partial charge is 0.0728 e. The molecule has 0 radical (unpaired) electrons. The number of benzene rings is 1. The topological polar surface area (TPSA) is 17.8 Å². The molecule has 0 unspecified atom stereocenters. The van der Waals surface area contributed by atoms with Crippen molar-refractivity contribution in [2.24, 2.45) is 7.05 Å². The normalized spacial score (nSPS) is 11.6. The quantitative estimate of drug-likeness (QED) is 0.693. The molecule has 15 heavy (non-hydrogen) atoms. The van der Waals surface area contributed by atoms with Crippen molar-refractivity contribution in [1.29, 1.82) is 0 Å². The highest BCUT2D eigenvalue weighted by Gasteiger charge is 2.12. The molecule has 0 amide bonds. The van der Waals surface area contributed by atoms with Crippen LogP contribution in [-0.4, -0.2) is 9.78 Å². The third-order valence-corrected chi connectivity index (χ3v) is 3.04. The molecule has 0 aliphatic heterocycles. The van der Waals surface area contributed by atoms with Gasteiger partial charge in [0.2, 0.25) is 0 Å². The number of aromatic nitrogens is 2. The van der Waals surface area contributed by atoms with Crippen molar-refractivity contribution >= 4 is 10.9 Å². The van der Waals surface area contributed by atoms with E-state index in [2.05, 4.69) is 44.9 Å². The van der Waals surface area contributed by atoms with E-state index in [4.69, 9.17) is 0 Å². The lowest BCUT2D eigenvalue weighted by Crippen LogP contribution is -1.93. The van der Waals surface area contributed by atoms with Crippen LogP contribution >= 0.6 is 0 Å². The number of nitrogens with zero attached hydrogens (tertiary/aromatic N) is 2. The van der Waals surface area contributed by atoms with Crippen molar-refractivity contribution < 1.29 is 0 Å². The largest absolute Gasteiger partial charge is 0.268 e. The van der Waals surface area contributed by atoms with Crippen molar-refractivity contribution in [3.05, 3.63) is 29.0 Å². The molecule has 0 N–H and O–H groups in total. The summed E-state index contributed by atoms with van der Waals surface area (Å²) in [5.41, 5.74) is 5.12. The summed E-state index contributed by atoms with van der Waals surface area (Å²) in [6, 6.07) is 4.48. The van der Waals surface area contributed by atoms with Crippen molar-refractivity contribution in [2.75, 3.05) is 0 Å². The predicted molar refractivity (Wildman–Crippen MR) is 64.3 cm³/mol. The first-order valence-corrected chi connectivity index (χ1v) is 5.44. The SMILES string of the molecule is Cc1cc2c(C(C)C)nn(C)c2cc1C. The maximum atomic E-state index is 4.59. The van der Waals surface area contributed by atoms with E-state index in [1.165, 1.54) is 27.7 Å². The summed E-state index contributed by atoms with van der Waals surface area (Å²) < 4.78 is 1.98. The average molecular weight is 202 g/mol. The molecule has 0 aliphatic carbocycles. The van der Waals surface area contributed by atoms with Crippen LogP contribution in [0.4, 0.5) is 0 Å². The van der Waals surface area contributed by atoms with E-state index in [1.807, 2.05) is 11.7 Å². The molecule has 0 saturated carbocycles. The van der Waals surface area contributed by atoms with Crippen LogP contribution in [0.25, 0.3) is 10.9 Å². The van der Waals surface area contributed by atoms with Gasteiger partial charge in [-0.15, -0.1) is 0 Å². The van der Waals surface area contributed by atoms with Crippen LogP contribution in [0.3, 0.4) is 0 Å². The molecule has 0 aliphatic rings. The molecule has 2 heteroatoms. The van der Waals surface area contributed by atoms with Crippen molar-refractivity contribution in [1.82, 2.24) is 9.78 Å². The third kappa shape index (κ3) is 1.54. The Kier molecular flexibility index (Phi) is 2.29. The van der Waals surface area contributed by atoms with E-state index in [9.17, 15) is 0 Å². The number of hydrogen-bond acceptors (Lipinski definition) is 1. The van der Waals surface area contributed by atoms with Gasteiger partial charge in [0.05, 0.1) is 11.2 Å². The van der Waals surface area contributed by atoms with Gasteiger partial charge in [0, 0.05) is 12.4 Å². The molecule has 80 valence electrons. The van der Waals surface area contributed by atoms with Crippen LogP contribution in [0, 0.1) is 13.8 Å². The molecule has 2 nitrogen and oxygen atoms in total. The van der Waals surface area contributed by atoms with Gasteiger partial charge in [-0.1, -0.05) is 13.8 Å². The zero-order valence-corrected chi connectivity index (χ0v) is 10.1. The molecule has 0 atom stereocenters. The fourth-order valence-corrected chi connectivity index (χ4v) is 1.97. The lowest BCUT2D eigenvalue weighted by molar-refractivity contribution is 0.729. The highest BCUT2D eigenvalue weighted by atomic mass is 15.3. The summed E-state index contributed by atoms with van der Waals surface area (Å²) in [7, 11) is 2.02. The highest BCUT2D eigenvalue weighted by Crippen LogP contribution is 2.26. The molecule has 1 aromatic carbocycles. The van der Waals surface area contributed by atoms with Crippen molar-refractivity contribution in [2.45, 2.75) is 33.6 Å². The fourth-order valence-electron chi connectivity index (χ4n) is 1.97. The maximum absolute atomic E-state index is 4.59. The number of fused-ring (bicyclic) bond motifs is 1. The first-order valence-electron chi connectivity index (χ1n) is 5.44. The van der Waals surface area contributed by atoms with Crippen molar-refractivity contribution in [3.8, 4) is 0 Å². The standard InChI is InChI=1S/C13H18N2/c1-8(2)13-11-6-9(3)10(4)7-12(11)15(5)14-13/h6-8H,1-5H3. The zero-order chi connectivity index (χ0) is 11.2. The second-order valence-electron chi connectivity index (χ2n) is 4.62. The number of rotatable bonds is 1. The second-order valence-corrected chi connectivity index (χ2v) is 4.62. The van der Waals surface area contributed by atoms with Crippen LogP contribution in [0.15, 0.2) is 12.1 Å². The van der Waals surface area contributed by atoms with Gasteiger partial charge in [0.15, 0.2) is 0 Å². The Bertz CT molecular complexity index is 507. The van der Waals surface area contributed by atoms with Crippen LogP contribution in [0.2, 0.25) is 0 Å². The van der Waals surface area contributed by atoms with E-state index < -0.39 is 0 Å². The van der Waals surface area contributed by atoms with Gasteiger partial charge in [0.1, 0.15) is 0 Å². The van der Waals surface area contributed by atoms with E-state index in [0.717, 1.165) is 0 Å². The summed E-state index contributed by atoms with van der Waals surface area (Å²) in [5, 5.41) is 5.89. The molecule has 2 rings (SSSR count). The molecular formula is C13H18N2. The Morgan fingerprint density at radius 2 is 1.73 bits per heavy atom. The van der Waals surface area contributed by atoms with Gasteiger partial charge < -0.3 is 0 Å². The minimum absolute atomic E-state index is 0.482. The van der Waals surface area contributed by atoms with E-state index in [1.54, 1.807) is 0 Å². The molecule has 0 fully saturated rings. The van der Waals surface area contributed by atoms with Crippen LogP contribution < -0.4 is 0 Å². The summed E-state index contributed by atoms with van der Waals surface area (Å²) in [5.74, 6) is 0.482. The molecule has 2 aromatic rings. The Morgan fingerprint density at radius 1 is 1.13 bits per heavy atom. The van der Waals surface area contributed by atoms with E-state index in [-0.39, 0.29) is 0 Å². The minimum atomic E-state index is 0.482. The molecule has 1 heterocycles. The Balaban J connectivity index is 2.82. The van der Waals surface area contributed by atoms with E-state index >= 15 is 0 Å². The highest BCUT2D eigenvalue weighted by molar-refractivity contribution is 5.84. The zero-order valence-electron chi connectivity index (χ0n) is 10.1. The monoisotopic (exact) mass is 202 g/mol. The average Bonchev–Trinajstić information content (AvgIpc) is 2.45. The Hall–Kier alpha value is -1.31. The van der Waals surface area contributed by atoms with Gasteiger partial charge in [-0.3, -0.25) is 4.68 Å². The van der Waals surface area contributed by atoms with Gasteiger partial charge in [0.25, 0.3) is 0 Å². The minimum Gasteiger partial charge on any atom is -0.268 e. The molecular weight excluding hydrogens is 184 g/mol. The van der Waals surface area contributed by atoms with Crippen molar-refractivity contribution in [3.63, 3.8) is 0 Å². The van der Waals surface area contributed by atoms with Gasteiger partial charge in [-0.25, -0.2) is 0 Å². The number of aryl methyl sites for hydroxylation is 3. The Morgan fingerprint density at radius 3 is 2.33 bits per heavy atom. The third-order valence-electron chi connectivity index (χ3n) is 3.04. The summed E-state index contributed by atoms with van der Waals surface area (Å²) in [6.45, 7) is 8.69. The van der Waals surface area contributed by atoms with Gasteiger partial charge >= 0.3 is 0 Å². The van der Waals surface area contributed by atoms with Gasteiger partial charge in [-0.2, -0.15) is 5.10 Å². The predicted octanol–water partition coefficient (Wildman–Crippen LogP) is 3.31.